The fourth-order valence-electron chi connectivity index (χ4n) is 0.0680. The molecule has 11 heteroatoms. The Kier molecular flexibility index (Phi) is 25.7. The van der Waals surface area contributed by atoms with Crippen molar-refractivity contribution in [3.05, 3.63) is 0 Å². The zero-order valence-electron chi connectivity index (χ0n) is 5.08. The minimum absolute atomic E-state index is 0. The van der Waals surface area contributed by atoms with Crippen LogP contribution in [0.15, 0.2) is 0 Å². The predicted molar refractivity (Wildman–Crippen MR) is 6.67 cm³/mol. The first-order valence-electron chi connectivity index (χ1n) is 1.50. The van der Waals surface area contributed by atoms with Gasteiger partial charge in [-0.25, -0.2) is 0 Å². The molecule has 0 heterocycles. The zero-order chi connectivity index (χ0) is 7.82. The molecule has 0 fully saturated rings. The van der Waals surface area contributed by atoms with Gasteiger partial charge in [0.15, 0.2) is 0 Å². The van der Waals surface area contributed by atoms with Crippen LogP contribution in [0.5, 0.6) is 0 Å². The van der Waals surface area contributed by atoms with Gasteiger partial charge in [-0.3, -0.25) is 0 Å². The van der Waals surface area contributed by atoms with E-state index in [0.717, 1.165) is 0 Å². The Morgan fingerprint density at radius 3 is 2.36 bits per heavy atom. The van der Waals surface area contributed by atoms with Gasteiger partial charge in [0, 0.05) is 0 Å². The molecule has 0 bridgehead atoms. The normalized spacial score (nSPS) is 10.4. The van der Waals surface area contributed by atoms with Crippen LogP contribution in [0.2, 0.25) is 0 Å². The number of quaternary nitrogens is 1. The Balaban J connectivity index is 0. The van der Waals surface area contributed by atoms with Crippen LogP contribution in [0.1, 0.15) is 0 Å². The summed E-state index contributed by atoms with van der Waals surface area (Å²) < 4.78 is 20.6. The third kappa shape index (κ3) is 17.8. The van der Waals surface area contributed by atoms with E-state index in [0.29, 0.717) is 50.3 Å². The van der Waals surface area contributed by atoms with Crippen LogP contribution in [0.25, 0.3) is 0 Å². The second kappa shape index (κ2) is 15.2. The zero-order valence-corrected chi connectivity index (χ0v) is 21.1. The van der Waals surface area contributed by atoms with Gasteiger partial charge in [0.2, 0.25) is 0 Å². The fourth-order valence-corrected chi connectivity index (χ4v) is 357. The van der Waals surface area contributed by atoms with Crippen molar-refractivity contribution in [1.29, 1.82) is 0 Å². The first-order valence-corrected chi connectivity index (χ1v) is 42.8. The third-order valence-electron chi connectivity index (χ3n) is 0.194. The van der Waals surface area contributed by atoms with E-state index < -0.39 is 14.7 Å². The van der Waals surface area contributed by atoms with Gasteiger partial charge in [0.1, 0.15) is 0 Å². The van der Waals surface area contributed by atoms with Crippen LogP contribution >= 0.6 is 0 Å². The molecule has 0 aliphatic carbocycles. The molecule has 11 heavy (non-hydrogen) atoms. The summed E-state index contributed by atoms with van der Waals surface area (Å²) in [4.78, 5) is 0. The first kappa shape index (κ1) is 18.6. The summed E-state index contributed by atoms with van der Waals surface area (Å²) in [6.45, 7) is 0. The summed E-state index contributed by atoms with van der Waals surface area (Å²) in [7, 11) is 0. The molecule has 0 rings (SSSR count). The van der Waals surface area contributed by atoms with Gasteiger partial charge < -0.3 is 6.15 Å². The van der Waals surface area contributed by atoms with Crippen molar-refractivity contribution >= 4 is 0 Å². The van der Waals surface area contributed by atoms with Crippen molar-refractivity contribution in [3.8, 4) is 0 Å². The SMILES string of the molecule is [NH4+].[O]=[Mo]([O-])/[Mo]=[Mo]/[Mo][Mo][Mo][Mo][Mo]. The average Bonchev–Trinajstić information content (AvgIpc) is 1.87. The molecule has 0 saturated carbocycles. The van der Waals surface area contributed by atoms with E-state index >= 15 is 0 Å². The van der Waals surface area contributed by atoms with Gasteiger partial charge in [-0.1, -0.05) is 0 Å². The number of hydrogen-bond acceptors (Lipinski definition) is 2. The van der Waals surface area contributed by atoms with E-state index in [1.165, 1.54) is 0 Å². The standard InChI is InChI=1S/8Mo.H3N.2O/h;;;;;;;;1H3;;/q;;;;;;;;;;-1/p+1. The molecular weight excluding hydrogens is 814 g/mol. The topological polar surface area (TPSA) is 76.6 Å². The first-order chi connectivity index (χ1) is 4.77. The third-order valence-corrected chi connectivity index (χ3v) is 182. The van der Waals surface area contributed by atoms with Crippen LogP contribution in [-0.4, -0.2) is 0 Å². The van der Waals surface area contributed by atoms with E-state index in [1.807, 2.05) is 0 Å². The Bertz CT molecular complexity index is 121. The maximum absolute atomic E-state index is 10.3. The van der Waals surface area contributed by atoms with Gasteiger partial charge in [0.25, 0.3) is 0 Å². The van der Waals surface area contributed by atoms with E-state index in [-0.39, 0.29) is 30.1 Å². The molecule has 3 nitrogen and oxygen atoms in total. The Morgan fingerprint density at radius 1 is 1.27 bits per heavy atom. The van der Waals surface area contributed by atoms with Crippen LogP contribution in [-0.2, 0) is 109 Å². The quantitative estimate of drug-likeness (QED) is 0.288. The van der Waals surface area contributed by atoms with Gasteiger partial charge in [0.05, 0.1) is 0 Å². The van der Waals surface area contributed by atoms with E-state index in [4.69, 9.17) is 0 Å². The van der Waals surface area contributed by atoms with Crippen LogP contribution in [0.3, 0.4) is 0 Å². The van der Waals surface area contributed by atoms with E-state index in [2.05, 4.69) is 16.8 Å². The molecule has 0 amide bonds. The molecule has 4 N–H and O–H groups in total. The molecule has 0 unspecified atom stereocenters. The summed E-state index contributed by atoms with van der Waals surface area (Å²) in [6, 6.07) is 0. The molecule has 0 aliphatic heterocycles. The Morgan fingerprint density at radius 2 is 1.91 bits per heavy atom. The summed E-state index contributed by atoms with van der Waals surface area (Å²) >= 11 is 1.86. The molecular formula is H4Mo8NO2. The monoisotopic (exact) mass is 833 g/mol. The summed E-state index contributed by atoms with van der Waals surface area (Å²) in [5.41, 5.74) is 0. The molecule has 0 spiro atoms. The van der Waals surface area contributed by atoms with Crippen LogP contribution < -0.4 is 9.91 Å². The summed E-state index contributed by atoms with van der Waals surface area (Å²) in [5.74, 6) is 0. The fraction of sp³-hybridized carbons (Fsp3) is 0. The van der Waals surface area contributed by atoms with Gasteiger partial charge >= 0.3 is 113 Å². The van der Waals surface area contributed by atoms with Gasteiger partial charge in [-0.2, -0.15) is 0 Å². The van der Waals surface area contributed by atoms with Crippen molar-refractivity contribution in [2.24, 2.45) is 0 Å². The van der Waals surface area contributed by atoms with Crippen molar-refractivity contribution < 1.29 is 113 Å². The Labute approximate surface area is 115 Å². The molecule has 0 atom stereocenters. The van der Waals surface area contributed by atoms with Crippen LogP contribution in [0, 0.1) is 0 Å². The minimum atomic E-state index is -2.71. The summed E-state index contributed by atoms with van der Waals surface area (Å²) in [5, 5.41) is 0. The van der Waals surface area contributed by atoms with Crippen LogP contribution in [0.4, 0.5) is 0 Å². The summed E-state index contributed by atoms with van der Waals surface area (Å²) in [6.07, 6.45) is 0. The van der Waals surface area contributed by atoms with Crippen molar-refractivity contribution in [1.82, 2.24) is 6.15 Å². The molecule has 0 aromatic carbocycles. The van der Waals surface area contributed by atoms with E-state index in [9.17, 15) is 7.16 Å². The Hall–Kier alpha value is 5.23. The van der Waals surface area contributed by atoms with Crippen molar-refractivity contribution in [3.63, 3.8) is 0 Å². The second-order valence-corrected chi connectivity index (χ2v) is 89.7. The average molecular weight is 818 g/mol. The molecule has 0 radical (unpaired) electrons. The molecule has 0 aliphatic rings. The molecule has 69 valence electrons. The molecule has 0 saturated heterocycles. The van der Waals surface area contributed by atoms with Crippen molar-refractivity contribution in [2.75, 3.05) is 0 Å². The second-order valence-electron chi connectivity index (χ2n) is 0.612. The maximum atomic E-state index is 10.3. The number of rotatable bonds is 5. The predicted octanol–water partition coefficient (Wildman–Crippen LogP) is -0.952. The molecule has 0 aromatic heterocycles. The van der Waals surface area contributed by atoms with Crippen molar-refractivity contribution in [2.45, 2.75) is 0 Å². The van der Waals surface area contributed by atoms with Gasteiger partial charge in [-0.15, -0.1) is 0 Å². The number of hydrogen-bond donors (Lipinski definition) is 1. The van der Waals surface area contributed by atoms with Gasteiger partial charge in [-0.05, 0) is 0 Å². The molecule has 0 aromatic rings. The van der Waals surface area contributed by atoms with E-state index in [1.54, 1.807) is 0 Å².